The molecule has 1 heterocycles. The van der Waals surface area contributed by atoms with E-state index in [0.717, 1.165) is 32.0 Å². The van der Waals surface area contributed by atoms with Crippen LogP contribution in [0.25, 0.3) is 0 Å². The lowest BCUT2D eigenvalue weighted by molar-refractivity contribution is 0.661. The second kappa shape index (κ2) is 11.4. The Bertz CT molecular complexity index is 259. The summed E-state index contributed by atoms with van der Waals surface area (Å²) in [4.78, 5) is 4.26. The smallest absolute Gasteiger partial charge is 0.125 e. The van der Waals surface area contributed by atoms with Crippen LogP contribution in [0.5, 0.6) is 0 Å². The van der Waals surface area contributed by atoms with E-state index < -0.39 is 0 Å². The summed E-state index contributed by atoms with van der Waals surface area (Å²) in [6.45, 7) is 9.90. The topological polar surface area (TPSA) is 49.0 Å². The molecule has 1 aromatic heterocycles. The summed E-state index contributed by atoms with van der Waals surface area (Å²) in [6, 6.07) is 4.06. The second-order valence-electron chi connectivity index (χ2n) is 3.50. The molecule has 0 radical (unpaired) electrons. The molecule has 0 saturated heterocycles. The van der Waals surface area contributed by atoms with Gasteiger partial charge in [0.15, 0.2) is 0 Å². The molecule has 4 heteroatoms. The van der Waals surface area contributed by atoms with E-state index in [1.807, 2.05) is 40.1 Å². The van der Waals surface area contributed by atoms with E-state index in [-0.39, 0.29) is 0 Å². The third-order valence-electron chi connectivity index (χ3n) is 2.07. The molecule has 0 aliphatic carbocycles. The Morgan fingerprint density at radius 3 is 2.35 bits per heavy atom. The Hall–Kier alpha value is -1.13. The zero-order chi connectivity index (χ0) is 12.9. The van der Waals surface area contributed by atoms with Crippen LogP contribution in [0.4, 0.5) is 5.82 Å². The van der Waals surface area contributed by atoms with E-state index in [1.54, 1.807) is 0 Å². The summed E-state index contributed by atoms with van der Waals surface area (Å²) >= 11 is 0. The van der Waals surface area contributed by atoms with E-state index in [9.17, 15) is 0 Å². The van der Waals surface area contributed by atoms with Crippen molar-refractivity contribution in [3.05, 3.63) is 23.9 Å². The Kier molecular flexibility index (Phi) is 10.6. The zero-order valence-corrected chi connectivity index (χ0v) is 11.5. The second-order valence-corrected chi connectivity index (χ2v) is 3.50. The molecular formula is C13H26N4. The maximum atomic E-state index is 4.26. The molecule has 0 aromatic carbocycles. The van der Waals surface area contributed by atoms with Gasteiger partial charge in [-0.3, -0.25) is 0 Å². The molecule has 0 atom stereocenters. The van der Waals surface area contributed by atoms with Gasteiger partial charge in [-0.1, -0.05) is 19.9 Å². The van der Waals surface area contributed by atoms with E-state index >= 15 is 0 Å². The zero-order valence-electron chi connectivity index (χ0n) is 11.5. The molecule has 4 nitrogen and oxygen atoms in total. The van der Waals surface area contributed by atoms with Gasteiger partial charge in [-0.2, -0.15) is 0 Å². The van der Waals surface area contributed by atoms with Crippen molar-refractivity contribution in [1.82, 2.24) is 15.6 Å². The summed E-state index contributed by atoms with van der Waals surface area (Å²) < 4.78 is 0. The van der Waals surface area contributed by atoms with Crippen LogP contribution in [-0.2, 0) is 0 Å². The van der Waals surface area contributed by atoms with Crippen molar-refractivity contribution >= 4 is 5.82 Å². The molecule has 17 heavy (non-hydrogen) atoms. The highest BCUT2D eigenvalue weighted by molar-refractivity contribution is 5.34. The highest BCUT2D eigenvalue weighted by Crippen LogP contribution is 2.02. The fourth-order valence-corrected chi connectivity index (χ4v) is 1.19. The number of pyridine rings is 1. The van der Waals surface area contributed by atoms with Gasteiger partial charge in [-0.25, -0.2) is 4.98 Å². The SMILES string of the molecule is CC.CNCCNCCNc1ccc(C)cn1. The Morgan fingerprint density at radius 1 is 1.06 bits per heavy atom. The molecule has 98 valence electrons. The maximum Gasteiger partial charge on any atom is 0.125 e. The number of hydrogen-bond acceptors (Lipinski definition) is 4. The number of rotatable bonds is 7. The Labute approximate surface area is 105 Å². The predicted octanol–water partition coefficient (Wildman–Crippen LogP) is 1.64. The quantitative estimate of drug-likeness (QED) is 0.632. The van der Waals surface area contributed by atoms with Crippen LogP contribution in [0.3, 0.4) is 0 Å². The van der Waals surface area contributed by atoms with Gasteiger partial charge in [0.25, 0.3) is 0 Å². The summed E-state index contributed by atoms with van der Waals surface area (Å²) in [5.41, 5.74) is 1.19. The fraction of sp³-hybridized carbons (Fsp3) is 0.615. The van der Waals surface area contributed by atoms with Gasteiger partial charge in [0.05, 0.1) is 0 Å². The standard InChI is InChI=1S/C11H20N4.C2H6/c1-10-3-4-11(15-9-10)14-8-7-13-6-5-12-2;1-2/h3-4,9,12-13H,5-8H2,1-2H3,(H,14,15);1-2H3. The van der Waals surface area contributed by atoms with Crippen LogP contribution < -0.4 is 16.0 Å². The highest BCUT2D eigenvalue weighted by Gasteiger charge is 1.91. The molecule has 0 spiro atoms. The molecular weight excluding hydrogens is 212 g/mol. The first-order chi connectivity index (χ1) is 8.33. The normalized spacial score (nSPS) is 9.41. The van der Waals surface area contributed by atoms with Crippen molar-refractivity contribution in [3.63, 3.8) is 0 Å². The van der Waals surface area contributed by atoms with Gasteiger partial charge in [0, 0.05) is 32.4 Å². The van der Waals surface area contributed by atoms with Crippen LogP contribution in [0.15, 0.2) is 18.3 Å². The summed E-state index contributed by atoms with van der Waals surface area (Å²) in [5, 5.41) is 9.66. The minimum absolute atomic E-state index is 0.903. The third-order valence-corrected chi connectivity index (χ3v) is 2.07. The molecule has 1 rings (SSSR count). The van der Waals surface area contributed by atoms with Gasteiger partial charge >= 0.3 is 0 Å². The molecule has 0 amide bonds. The molecule has 0 aliphatic heterocycles. The lowest BCUT2D eigenvalue weighted by atomic mass is 10.3. The van der Waals surface area contributed by atoms with Crippen molar-refractivity contribution in [1.29, 1.82) is 0 Å². The molecule has 0 aliphatic rings. The average Bonchev–Trinajstić information content (AvgIpc) is 2.38. The molecule has 0 fully saturated rings. The van der Waals surface area contributed by atoms with Crippen molar-refractivity contribution in [2.24, 2.45) is 0 Å². The van der Waals surface area contributed by atoms with Gasteiger partial charge in [0.1, 0.15) is 5.82 Å². The maximum absolute atomic E-state index is 4.26. The van der Waals surface area contributed by atoms with Crippen LogP contribution >= 0.6 is 0 Å². The first-order valence-corrected chi connectivity index (χ1v) is 6.35. The summed E-state index contributed by atoms with van der Waals surface area (Å²) in [5.74, 6) is 0.941. The third kappa shape index (κ3) is 8.65. The number of aromatic nitrogens is 1. The van der Waals surface area contributed by atoms with Crippen molar-refractivity contribution < 1.29 is 0 Å². The predicted molar refractivity (Wildman–Crippen MR) is 75.6 cm³/mol. The van der Waals surface area contributed by atoms with Crippen LogP contribution in [0.2, 0.25) is 0 Å². The van der Waals surface area contributed by atoms with Gasteiger partial charge in [-0.15, -0.1) is 0 Å². The monoisotopic (exact) mass is 238 g/mol. The van der Waals surface area contributed by atoms with Gasteiger partial charge in [-0.05, 0) is 25.6 Å². The average molecular weight is 238 g/mol. The summed E-state index contributed by atoms with van der Waals surface area (Å²) in [6.07, 6.45) is 1.87. The Morgan fingerprint density at radius 2 is 1.76 bits per heavy atom. The first-order valence-electron chi connectivity index (χ1n) is 6.35. The molecule has 3 N–H and O–H groups in total. The van der Waals surface area contributed by atoms with E-state index in [1.165, 1.54) is 5.56 Å². The number of nitrogens with one attached hydrogen (secondary N) is 3. The number of hydrogen-bond donors (Lipinski definition) is 3. The van der Waals surface area contributed by atoms with E-state index in [2.05, 4.69) is 27.0 Å². The van der Waals surface area contributed by atoms with Crippen molar-refractivity contribution in [2.75, 3.05) is 38.5 Å². The fourth-order valence-electron chi connectivity index (χ4n) is 1.19. The minimum Gasteiger partial charge on any atom is -0.369 e. The number of likely N-dealkylation sites (N-methyl/N-ethyl adjacent to an activating group) is 1. The van der Waals surface area contributed by atoms with Crippen molar-refractivity contribution in [3.8, 4) is 0 Å². The van der Waals surface area contributed by atoms with Gasteiger partial charge in [0.2, 0.25) is 0 Å². The van der Waals surface area contributed by atoms with Gasteiger partial charge < -0.3 is 16.0 Å². The van der Waals surface area contributed by atoms with Crippen molar-refractivity contribution in [2.45, 2.75) is 20.8 Å². The van der Waals surface area contributed by atoms with E-state index in [4.69, 9.17) is 0 Å². The molecule has 0 unspecified atom stereocenters. The summed E-state index contributed by atoms with van der Waals surface area (Å²) in [7, 11) is 1.95. The molecule has 1 aromatic rings. The minimum atomic E-state index is 0.903. The number of aryl methyl sites for hydroxylation is 1. The highest BCUT2D eigenvalue weighted by atomic mass is 15.0. The van der Waals surface area contributed by atoms with Crippen LogP contribution in [0.1, 0.15) is 19.4 Å². The largest absolute Gasteiger partial charge is 0.369 e. The molecule has 0 bridgehead atoms. The lowest BCUT2D eigenvalue weighted by Crippen LogP contribution is -2.29. The Balaban J connectivity index is 0.00000121. The molecule has 0 saturated carbocycles. The number of anilines is 1. The van der Waals surface area contributed by atoms with Crippen LogP contribution in [0, 0.1) is 6.92 Å². The lowest BCUT2D eigenvalue weighted by Gasteiger charge is -2.06. The number of nitrogens with zero attached hydrogens (tertiary/aromatic N) is 1. The van der Waals surface area contributed by atoms with Crippen LogP contribution in [-0.4, -0.2) is 38.2 Å². The first kappa shape index (κ1) is 15.9. The van der Waals surface area contributed by atoms with E-state index in [0.29, 0.717) is 0 Å².